The standard InChI is InChI=1S/C16H18N6OS/c1-2-12-10-14(18-16-19-17-11-22(12)16)20-5-7-21(8-6-20)15(23)13-4-3-9-24-13/h3-4,9-11H,2,5-8H2,1H3. The van der Waals surface area contributed by atoms with Gasteiger partial charge in [-0.25, -0.2) is 0 Å². The van der Waals surface area contributed by atoms with Crippen LogP contribution in [0.2, 0.25) is 0 Å². The smallest absolute Gasteiger partial charge is 0.264 e. The van der Waals surface area contributed by atoms with Crippen LogP contribution >= 0.6 is 11.3 Å². The lowest BCUT2D eigenvalue weighted by Gasteiger charge is -2.35. The van der Waals surface area contributed by atoms with Crippen LogP contribution in [-0.4, -0.2) is 56.6 Å². The molecule has 7 nitrogen and oxygen atoms in total. The van der Waals surface area contributed by atoms with Crippen molar-refractivity contribution in [3.63, 3.8) is 0 Å². The van der Waals surface area contributed by atoms with E-state index in [0.29, 0.717) is 18.9 Å². The maximum Gasteiger partial charge on any atom is 0.264 e. The third kappa shape index (κ3) is 2.62. The van der Waals surface area contributed by atoms with Crippen molar-refractivity contribution in [1.82, 2.24) is 24.5 Å². The third-order valence-corrected chi connectivity index (χ3v) is 5.19. The van der Waals surface area contributed by atoms with Gasteiger partial charge in [-0.2, -0.15) is 4.98 Å². The van der Waals surface area contributed by atoms with Crippen molar-refractivity contribution in [3.8, 4) is 0 Å². The number of nitrogens with zero attached hydrogens (tertiary/aromatic N) is 6. The molecule has 1 aliphatic rings. The van der Waals surface area contributed by atoms with E-state index in [4.69, 9.17) is 0 Å². The fourth-order valence-corrected chi connectivity index (χ4v) is 3.68. The van der Waals surface area contributed by atoms with E-state index in [9.17, 15) is 4.79 Å². The molecule has 124 valence electrons. The molecule has 1 amide bonds. The van der Waals surface area contributed by atoms with Gasteiger partial charge >= 0.3 is 0 Å². The first-order valence-electron chi connectivity index (χ1n) is 8.03. The minimum absolute atomic E-state index is 0.125. The van der Waals surface area contributed by atoms with Crippen molar-refractivity contribution in [3.05, 3.63) is 40.5 Å². The topological polar surface area (TPSA) is 66.6 Å². The number of aromatic nitrogens is 4. The number of aryl methyl sites for hydroxylation is 1. The zero-order chi connectivity index (χ0) is 16.5. The Morgan fingerprint density at radius 2 is 2.12 bits per heavy atom. The van der Waals surface area contributed by atoms with Crippen LogP contribution in [0.3, 0.4) is 0 Å². The average Bonchev–Trinajstić information content (AvgIpc) is 3.31. The highest BCUT2D eigenvalue weighted by Crippen LogP contribution is 2.19. The Morgan fingerprint density at radius 3 is 2.83 bits per heavy atom. The van der Waals surface area contributed by atoms with Gasteiger partial charge in [0.1, 0.15) is 12.1 Å². The molecule has 3 aromatic rings. The molecule has 0 unspecified atom stereocenters. The van der Waals surface area contributed by atoms with Gasteiger partial charge in [-0.05, 0) is 17.9 Å². The van der Waals surface area contributed by atoms with Crippen molar-refractivity contribution < 1.29 is 4.79 Å². The maximum absolute atomic E-state index is 12.4. The van der Waals surface area contributed by atoms with Crippen LogP contribution in [0.1, 0.15) is 22.3 Å². The Kier molecular flexibility index (Phi) is 3.89. The summed E-state index contributed by atoms with van der Waals surface area (Å²) in [4.78, 5) is 22.0. The number of piperazine rings is 1. The quantitative estimate of drug-likeness (QED) is 0.725. The van der Waals surface area contributed by atoms with Gasteiger partial charge in [-0.3, -0.25) is 9.20 Å². The summed E-state index contributed by atoms with van der Waals surface area (Å²) in [6, 6.07) is 5.89. The molecule has 0 spiro atoms. The van der Waals surface area contributed by atoms with E-state index in [2.05, 4.69) is 33.1 Å². The lowest BCUT2D eigenvalue weighted by Crippen LogP contribution is -2.49. The van der Waals surface area contributed by atoms with Gasteiger partial charge in [0.05, 0.1) is 4.88 Å². The summed E-state index contributed by atoms with van der Waals surface area (Å²) in [7, 11) is 0. The second-order valence-electron chi connectivity index (χ2n) is 5.72. The van der Waals surface area contributed by atoms with Crippen molar-refractivity contribution in [2.45, 2.75) is 13.3 Å². The molecule has 3 aromatic heterocycles. The molecule has 0 radical (unpaired) electrons. The predicted molar refractivity (Wildman–Crippen MR) is 92.6 cm³/mol. The Balaban J connectivity index is 1.50. The minimum atomic E-state index is 0.125. The summed E-state index contributed by atoms with van der Waals surface area (Å²) in [5.74, 6) is 1.66. The molecule has 1 aliphatic heterocycles. The summed E-state index contributed by atoms with van der Waals surface area (Å²) in [5, 5.41) is 9.95. The van der Waals surface area contributed by atoms with E-state index in [-0.39, 0.29) is 5.91 Å². The number of rotatable bonds is 3. The lowest BCUT2D eigenvalue weighted by molar-refractivity contribution is 0.0751. The fraction of sp³-hybridized carbons (Fsp3) is 0.375. The Hall–Kier alpha value is -2.48. The molecule has 0 aromatic carbocycles. The fourth-order valence-electron chi connectivity index (χ4n) is 2.99. The van der Waals surface area contributed by atoms with E-state index in [1.165, 1.54) is 11.3 Å². The highest BCUT2D eigenvalue weighted by atomic mass is 32.1. The van der Waals surface area contributed by atoms with Crippen molar-refractivity contribution in [2.24, 2.45) is 0 Å². The highest BCUT2D eigenvalue weighted by molar-refractivity contribution is 7.12. The number of hydrogen-bond donors (Lipinski definition) is 0. The molecule has 4 heterocycles. The zero-order valence-electron chi connectivity index (χ0n) is 13.4. The molecule has 0 bridgehead atoms. The van der Waals surface area contributed by atoms with E-state index >= 15 is 0 Å². The largest absolute Gasteiger partial charge is 0.353 e. The number of carbonyl (C=O) groups is 1. The highest BCUT2D eigenvalue weighted by Gasteiger charge is 2.24. The SMILES string of the molecule is CCc1cc(N2CCN(C(=O)c3cccs3)CC2)nc2nncn12. The van der Waals surface area contributed by atoms with E-state index in [1.807, 2.05) is 26.8 Å². The van der Waals surface area contributed by atoms with Gasteiger partial charge in [0, 0.05) is 37.9 Å². The second kappa shape index (κ2) is 6.20. The molecular weight excluding hydrogens is 324 g/mol. The van der Waals surface area contributed by atoms with Crippen LogP contribution in [0.4, 0.5) is 5.82 Å². The summed E-state index contributed by atoms with van der Waals surface area (Å²) >= 11 is 1.49. The van der Waals surface area contributed by atoms with Crippen LogP contribution in [0, 0.1) is 0 Å². The predicted octanol–water partition coefficient (Wildman–Crippen LogP) is 1.71. The molecule has 8 heteroatoms. The van der Waals surface area contributed by atoms with Crippen LogP contribution < -0.4 is 4.90 Å². The molecule has 0 aliphatic carbocycles. The Morgan fingerprint density at radius 1 is 1.29 bits per heavy atom. The van der Waals surface area contributed by atoms with Crippen LogP contribution in [0.5, 0.6) is 0 Å². The molecule has 1 fully saturated rings. The first-order chi connectivity index (χ1) is 11.8. The van der Waals surface area contributed by atoms with Gasteiger partial charge in [0.2, 0.25) is 0 Å². The number of thiophene rings is 1. The third-order valence-electron chi connectivity index (χ3n) is 4.33. The number of anilines is 1. The Bertz CT molecular complexity index is 851. The normalized spacial score (nSPS) is 15.2. The van der Waals surface area contributed by atoms with E-state index < -0.39 is 0 Å². The first kappa shape index (κ1) is 15.1. The van der Waals surface area contributed by atoms with E-state index in [1.54, 1.807) is 6.33 Å². The van der Waals surface area contributed by atoms with Gasteiger partial charge in [-0.1, -0.05) is 13.0 Å². The lowest BCUT2D eigenvalue weighted by atomic mass is 10.2. The second-order valence-corrected chi connectivity index (χ2v) is 6.66. The summed E-state index contributed by atoms with van der Waals surface area (Å²) in [6.07, 6.45) is 2.59. The minimum Gasteiger partial charge on any atom is -0.353 e. The van der Waals surface area contributed by atoms with Crippen LogP contribution in [0.25, 0.3) is 5.78 Å². The zero-order valence-corrected chi connectivity index (χ0v) is 14.2. The number of hydrogen-bond acceptors (Lipinski definition) is 6. The Labute approximate surface area is 143 Å². The van der Waals surface area contributed by atoms with E-state index in [0.717, 1.165) is 35.9 Å². The summed E-state index contributed by atoms with van der Waals surface area (Å²) in [6.45, 7) is 5.07. The van der Waals surface area contributed by atoms with Gasteiger partial charge in [-0.15, -0.1) is 21.5 Å². The monoisotopic (exact) mass is 342 g/mol. The molecule has 24 heavy (non-hydrogen) atoms. The molecule has 1 saturated heterocycles. The van der Waals surface area contributed by atoms with Crippen molar-refractivity contribution in [1.29, 1.82) is 0 Å². The summed E-state index contributed by atoms with van der Waals surface area (Å²) in [5.41, 5.74) is 1.14. The van der Waals surface area contributed by atoms with Crippen molar-refractivity contribution >= 4 is 28.8 Å². The van der Waals surface area contributed by atoms with Gasteiger partial charge in [0.15, 0.2) is 0 Å². The average molecular weight is 342 g/mol. The molecule has 4 rings (SSSR count). The maximum atomic E-state index is 12.4. The number of amides is 1. The molecule has 0 N–H and O–H groups in total. The first-order valence-corrected chi connectivity index (χ1v) is 8.91. The number of fused-ring (bicyclic) bond motifs is 1. The molecule has 0 atom stereocenters. The summed E-state index contributed by atoms with van der Waals surface area (Å²) < 4.78 is 1.92. The number of carbonyl (C=O) groups excluding carboxylic acids is 1. The molecular formula is C16H18N6OS. The van der Waals surface area contributed by atoms with Crippen LogP contribution in [0.15, 0.2) is 29.9 Å². The van der Waals surface area contributed by atoms with Gasteiger partial charge in [0.25, 0.3) is 11.7 Å². The van der Waals surface area contributed by atoms with Crippen LogP contribution in [-0.2, 0) is 6.42 Å². The van der Waals surface area contributed by atoms with Crippen molar-refractivity contribution in [2.75, 3.05) is 31.1 Å². The molecule has 0 saturated carbocycles. The van der Waals surface area contributed by atoms with Gasteiger partial charge < -0.3 is 9.80 Å².